The first kappa shape index (κ1) is 16.4. The van der Waals surface area contributed by atoms with E-state index in [1.807, 2.05) is 0 Å². The van der Waals surface area contributed by atoms with Gasteiger partial charge < -0.3 is 10.2 Å². The molecule has 0 aliphatic rings. The van der Waals surface area contributed by atoms with Crippen molar-refractivity contribution in [3.05, 3.63) is 66.8 Å². The lowest BCUT2D eigenvalue weighted by atomic mass is 10.1. The zero-order valence-electron chi connectivity index (χ0n) is 12.2. The monoisotopic (exact) mass is 284 g/mol. The number of hydrogen-bond donors (Lipinski definition) is 1. The van der Waals surface area contributed by atoms with Crippen LogP contribution in [-0.4, -0.2) is 36.9 Å². The molecule has 0 fully saturated rings. The molecule has 0 unspecified atom stereocenters. The van der Waals surface area contributed by atoms with E-state index in [0.717, 1.165) is 5.56 Å². The third kappa shape index (κ3) is 5.10. The van der Waals surface area contributed by atoms with Crippen molar-refractivity contribution in [3.63, 3.8) is 0 Å². The van der Waals surface area contributed by atoms with Crippen molar-refractivity contribution in [1.82, 2.24) is 10.2 Å². The summed E-state index contributed by atoms with van der Waals surface area (Å²) in [6, 6.07) is 7.02. The van der Waals surface area contributed by atoms with Crippen LogP contribution in [-0.2, 0) is 4.79 Å². The fourth-order valence-corrected chi connectivity index (χ4v) is 1.73. The Morgan fingerprint density at radius 1 is 1.14 bits per heavy atom. The highest BCUT2D eigenvalue weighted by Gasteiger charge is 2.06. The molecule has 1 rings (SSSR count). The maximum Gasteiger partial charge on any atom is 0.251 e. The maximum atomic E-state index is 12.0. The summed E-state index contributed by atoms with van der Waals surface area (Å²) in [6.45, 7) is 8.21. The Bertz CT molecular complexity index is 534. The molecule has 0 bridgehead atoms. The number of rotatable bonds is 7. The second-order valence-electron chi connectivity index (χ2n) is 4.36. The van der Waals surface area contributed by atoms with Crippen LogP contribution >= 0.6 is 0 Å². The molecule has 0 atom stereocenters. The molecule has 2 amide bonds. The second kappa shape index (κ2) is 8.53. The van der Waals surface area contributed by atoms with E-state index >= 15 is 0 Å². The zero-order chi connectivity index (χ0) is 15.7. The predicted octanol–water partition coefficient (Wildman–Crippen LogP) is 2.26. The minimum absolute atomic E-state index is 0.106. The van der Waals surface area contributed by atoms with Crippen LogP contribution in [0.1, 0.15) is 15.9 Å². The average Bonchev–Trinajstić information content (AvgIpc) is 2.52. The van der Waals surface area contributed by atoms with Crippen LogP contribution in [0.15, 0.2) is 55.7 Å². The lowest BCUT2D eigenvalue weighted by Gasteiger charge is -2.16. The normalized spacial score (nSPS) is 10.1. The molecule has 1 aromatic carbocycles. The van der Waals surface area contributed by atoms with Crippen LogP contribution in [0.4, 0.5) is 0 Å². The van der Waals surface area contributed by atoms with Gasteiger partial charge in [0.05, 0.1) is 0 Å². The van der Waals surface area contributed by atoms with Crippen LogP contribution in [0.5, 0.6) is 0 Å². The number of hydrogen-bond acceptors (Lipinski definition) is 2. The van der Waals surface area contributed by atoms with Crippen molar-refractivity contribution < 1.29 is 9.59 Å². The van der Waals surface area contributed by atoms with Crippen molar-refractivity contribution in [3.8, 4) is 0 Å². The minimum atomic E-state index is -0.134. The molecule has 110 valence electrons. The average molecular weight is 284 g/mol. The van der Waals surface area contributed by atoms with E-state index in [1.165, 1.54) is 6.08 Å². The quantitative estimate of drug-likeness (QED) is 0.617. The number of carbonyl (C=O) groups excluding carboxylic acids is 2. The van der Waals surface area contributed by atoms with Gasteiger partial charge in [-0.25, -0.2) is 0 Å². The van der Waals surface area contributed by atoms with Crippen molar-refractivity contribution in [1.29, 1.82) is 0 Å². The van der Waals surface area contributed by atoms with Crippen molar-refractivity contribution in [2.45, 2.75) is 0 Å². The van der Waals surface area contributed by atoms with Gasteiger partial charge in [-0.2, -0.15) is 0 Å². The van der Waals surface area contributed by atoms with Gasteiger partial charge in [0.25, 0.3) is 5.91 Å². The van der Waals surface area contributed by atoms with E-state index < -0.39 is 0 Å². The maximum absolute atomic E-state index is 12.0. The summed E-state index contributed by atoms with van der Waals surface area (Å²) in [5, 5.41) is 2.56. The molecule has 0 aliphatic carbocycles. The Kier molecular flexibility index (Phi) is 6.68. The molecule has 1 aromatic rings. The van der Waals surface area contributed by atoms with E-state index in [9.17, 15) is 9.59 Å². The van der Waals surface area contributed by atoms with Crippen LogP contribution in [0.25, 0.3) is 6.08 Å². The molecule has 0 heterocycles. The molecule has 4 nitrogen and oxygen atoms in total. The summed E-state index contributed by atoms with van der Waals surface area (Å²) < 4.78 is 0. The summed E-state index contributed by atoms with van der Waals surface area (Å²) in [5.41, 5.74) is 1.44. The highest BCUT2D eigenvalue weighted by Crippen LogP contribution is 2.07. The second-order valence-corrected chi connectivity index (χ2v) is 4.36. The van der Waals surface area contributed by atoms with E-state index in [1.54, 1.807) is 54.4 Å². The van der Waals surface area contributed by atoms with Gasteiger partial charge in [0.2, 0.25) is 5.91 Å². The first-order valence-electron chi connectivity index (χ1n) is 6.63. The molecule has 0 saturated carbocycles. The third-order valence-electron chi connectivity index (χ3n) is 2.83. The molecular weight excluding hydrogens is 264 g/mol. The smallest absolute Gasteiger partial charge is 0.251 e. The lowest BCUT2D eigenvalue weighted by Crippen LogP contribution is -2.29. The summed E-state index contributed by atoms with van der Waals surface area (Å²) in [4.78, 5) is 25.0. The Morgan fingerprint density at radius 2 is 1.71 bits per heavy atom. The van der Waals surface area contributed by atoms with Crippen LogP contribution in [0, 0.1) is 0 Å². The van der Waals surface area contributed by atoms with Gasteiger partial charge in [-0.3, -0.25) is 9.59 Å². The van der Waals surface area contributed by atoms with Gasteiger partial charge >= 0.3 is 0 Å². The van der Waals surface area contributed by atoms with Crippen molar-refractivity contribution >= 4 is 17.9 Å². The van der Waals surface area contributed by atoms with Gasteiger partial charge in [-0.15, -0.1) is 13.2 Å². The Hall–Kier alpha value is -2.62. The molecule has 4 heteroatoms. The number of nitrogens with zero attached hydrogens (tertiary/aromatic N) is 1. The summed E-state index contributed by atoms with van der Waals surface area (Å²) in [7, 11) is 1.59. The van der Waals surface area contributed by atoms with Gasteiger partial charge in [0.1, 0.15) is 0 Å². The molecule has 0 saturated heterocycles. The Balaban J connectivity index is 2.74. The first-order valence-corrected chi connectivity index (χ1v) is 6.63. The summed E-state index contributed by atoms with van der Waals surface area (Å²) in [6.07, 6.45) is 6.57. The highest BCUT2D eigenvalue weighted by molar-refractivity contribution is 5.94. The van der Waals surface area contributed by atoms with Crippen LogP contribution in [0.2, 0.25) is 0 Å². The molecule has 0 aromatic heterocycles. The fourth-order valence-electron chi connectivity index (χ4n) is 1.73. The van der Waals surface area contributed by atoms with E-state index in [-0.39, 0.29) is 11.8 Å². The van der Waals surface area contributed by atoms with Crippen LogP contribution in [0.3, 0.4) is 0 Å². The molecule has 0 radical (unpaired) electrons. The Morgan fingerprint density at radius 3 is 2.19 bits per heavy atom. The minimum Gasteiger partial charge on any atom is -0.355 e. The highest BCUT2D eigenvalue weighted by atomic mass is 16.2. The zero-order valence-corrected chi connectivity index (χ0v) is 12.2. The van der Waals surface area contributed by atoms with Gasteiger partial charge in [0, 0.05) is 31.8 Å². The number of benzene rings is 1. The van der Waals surface area contributed by atoms with E-state index in [0.29, 0.717) is 18.7 Å². The van der Waals surface area contributed by atoms with Gasteiger partial charge in [-0.1, -0.05) is 24.3 Å². The number of carbonyl (C=O) groups is 2. The summed E-state index contributed by atoms with van der Waals surface area (Å²) >= 11 is 0. The molecule has 1 N–H and O–H groups in total. The van der Waals surface area contributed by atoms with E-state index in [4.69, 9.17) is 0 Å². The predicted molar refractivity (Wildman–Crippen MR) is 85.8 cm³/mol. The lowest BCUT2D eigenvalue weighted by molar-refractivity contribution is -0.124. The van der Waals surface area contributed by atoms with E-state index in [2.05, 4.69) is 18.5 Å². The van der Waals surface area contributed by atoms with Crippen molar-refractivity contribution in [2.75, 3.05) is 20.1 Å². The topological polar surface area (TPSA) is 49.4 Å². The van der Waals surface area contributed by atoms with Gasteiger partial charge in [0.15, 0.2) is 0 Å². The molecule has 0 aliphatic heterocycles. The molecule has 21 heavy (non-hydrogen) atoms. The van der Waals surface area contributed by atoms with Gasteiger partial charge in [-0.05, 0) is 23.8 Å². The van der Waals surface area contributed by atoms with Crippen molar-refractivity contribution in [2.24, 2.45) is 0 Å². The summed E-state index contributed by atoms with van der Waals surface area (Å²) in [5.74, 6) is -0.241. The third-order valence-corrected chi connectivity index (χ3v) is 2.83. The Labute approximate surface area is 125 Å². The first-order chi connectivity index (χ1) is 10.1. The number of nitrogens with one attached hydrogen (secondary N) is 1. The molecular formula is C17H20N2O2. The SMILES string of the molecule is C=CCN(CC=C)C(=O)/C=C/c1ccc(C(=O)NC)cc1. The number of amides is 2. The fraction of sp³-hybridized carbons (Fsp3) is 0.176. The molecule has 0 spiro atoms. The standard InChI is InChI=1S/C17H20N2O2/c1-4-12-19(13-5-2)16(20)11-8-14-6-9-15(10-7-14)17(21)18-3/h4-11H,1-2,12-13H2,3H3,(H,18,21)/b11-8+. The largest absolute Gasteiger partial charge is 0.355 e. The van der Waals surface area contributed by atoms with Crippen LogP contribution < -0.4 is 5.32 Å².